The second kappa shape index (κ2) is 11.8. The van der Waals surface area contributed by atoms with Gasteiger partial charge in [-0.05, 0) is 101 Å². The van der Waals surface area contributed by atoms with E-state index in [-0.39, 0.29) is 0 Å². The number of nitrogens with zero attached hydrogens (tertiary/aromatic N) is 5. The van der Waals surface area contributed by atoms with E-state index in [1.807, 2.05) is 47.7 Å². The first-order valence-corrected chi connectivity index (χ1v) is 15.0. The Labute approximate surface area is 239 Å². The van der Waals surface area contributed by atoms with Gasteiger partial charge >= 0.3 is 0 Å². The van der Waals surface area contributed by atoms with Crippen molar-refractivity contribution in [1.29, 1.82) is 0 Å². The Kier molecular flexibility index (Phi) is 7.97. The van der Waals surface area contributed by atoms with E-state index in [9.17, 15) is 0 Å². The van der Waals surface area contributed by atoms with E-state index in [1.165, 1.54) is 49.3 Å². The van der Waals surface area contributed by atoms with Gasteiger partial charge < -0.3 is 19.9 Å². The molecule has 1 aliphatic heterocycles. The molecule has 9 heteroatoms. The lowest BCUT2D eigenvalue weighted by Crippen LogP contribution is -2.32. The van der Waals surface area contributed by atoms with Gasteiger partial charge in [-0.2, -0.15) is 0 Å². The smallest absolute Gasteiger partial charge is 0.142 e. The molecule has 7 nitrogen and oxygen atoms in total. The first-order chi connectivity index (χ1) is 19.0. The summed E-state index contributed by atoms with van der Waals surface area (Å²) in [5.41, 5.74) is 3.16. The van der Waals surface area contributed by atoms with Gasteiger partial charge in [0.25, 0.3) is 0 Å². The number of fused-ring (bicyclic) bond motifs is 3. The number of hydrogen-bond acceptors (Lipinski definition) is 8. The van der Waals surface area contributed by atoms with E-state index in [2.05, 4.69) is 44.2 Å². The quantitative estimate of drug-likeness (QED) is 0.261. The molecule has 6 rings (SSSR count). The third-order valence-electron chi connectivity index (χ3n) is 8.08. The largest absolute Gasteiger partial charge is 0.486 e. The molecule has 0 spiro atoms. The fourth-order valence-corrected chi connectivity index (χ4v) is 7.33. The summed E-state index contributed by atoms with van der Waals surface area (Å²) in [5.74, 6) is 2.22. The van der Waals surface area contributed by atoms with Crippen LogP contribution in [-0.4, -0.2) is 64.5 Å². The SMILES string of the molecule is CN(C)[C@@H]1CCN(CCC2CCc3c(sc4ncnc(Nc5ccc(OCc6ccccn6)c(Cl)c5)c34)C2)C1. The van der Waals surface area contributed by atoms with Crippen LogP contribution in [0.2, 0.25) is 5.02 Å². The average molecular weight is 563 g/mol. The Hall–Kier alpha value is -2.78. The minimum Gasteiger partial charge on any atom is -0.486 e. The van der Waals surface area contributed by atoms with Crippen LogP contribution in [0.25, 0.3) is 10.2 Å². The van der Waals surface area contributed by atoms with E-state index in [4.69, 9.17) is 16.3 Å². The van der Waals surface area contributed by atoms with Crippen molar-refractivity contribution in [2.24, 2.45) is 5.92 Å². The molecule has 0 bridgehead atoms. The van der Waals surface area contributed by atoms with Crippen molar-refractivity contribution in [3.05, 3.63) is 70.1 Å². The standard InChI is InChI=1S/C30H35ClN6OS/c1-36(2)23-11-14-37(17-23)13-10-20-6-8-24-27(15-20)39-30-28(24)29(33-19-34-30)35-21-7-9-26(25(31)16-21)38-18-22-5-3-4-12-32-22/h3-5,7,9,12,16,19-20,23H,6,8,10-11,13-15,17-18H2,1-2H3,(H,33,34,35)/t20?,23-/m1/s1. The summed E-state index contributed by atoms with van der Waals surface area (Å²) in [6.07, 6.45) is 9.44. The highest BCUT2D eigenvalue weighted by atomic mass is 35.5. The molecule has 1 unspecified atom stereocenters. The Morgan fingerprint density at radius 1 is 1.15 bits per heavy atom. The Morgan fingerprint density at radius 3 is 2.87 bits per heavy atom. The Morgan fingerprint density at radius 2 is 2.08 bits per heavy atom. The highest BCUT2D eigenvalue weighted by molar-refractivity contribution is 7.19. The van der Waals surface area contributed by atoms with Crippen molar-refractivity contribution in [1.82, 2.24) is 24.8 Å². The fourth-order valence-electron chi connectivity index (χ4n) is 5.79. The van der Waals surface area contributed by atoms with Gasteiger partial charge in [-0.1, -0.05) is 17.7 Å². The summed E-state index contributed by atoms with van der Waals surface area (Å²) in [5, 5.41) is 5.21. The van der Waals surface area contributed by atoms with Gasteiger partial charge in [0.1, 0.15) is 29.3 Å². The van der Waals surface area contributed by atoms with Gasteiger partial charge in [-0.3, -0.25) is 4.98 Å². The molecule has 0 radical (unpaired) electrons. The maximum absolute atomic E-state index is 6.57. The predicted molar refractivity (Wildman–Crippen MR) is 159 cm³/mol. The molecule has 0 saturated carbocycles. The molecule has 1 fully saturated rings. The molecule has 1 aliphatic carbocycles. The van der Waals surface area contributed by atoms with Crippen LogP contribution < -0.4 is 10.1 Å². The highest BCUT2D eigenvalue weighted by Crippen LogP contribution is 2.41. The van der Waals surface area contributed by atoms with Crippen molar-refractivity contribution in [3.8, 4) is 5.75 Å². The number of benzene rings is 1. The van der Waals surface area contributed by atoms with Gasteiger partial charge in [0.15, 0.2) is 0 Å². The number of likely N-dealkylation sites (tertiary alicyclic amines) is 1. The van der Waals surface area contributed by atoms with Gasteiger partial charge in [0.05, 0.1) is 16.1 Å². The number of aryl methyl sites for hydroxylation is 1. The number of halogens is 1. The second-order valence-corrected chi connectivity index (χ2v) is 12.4. The van der Waals surface area contributed by atoms with E-state index in [0.29, 0.717) is 23.4 Å². The lowest BCUT2D eigenvalue weighted by atomic mass is 9.85. The molecular formula is C30H35ClN6OS. The van der Waals surface area contributed by atoms with Gasteiger partial charge in [0.2, 0.25) is 0 Å². The number of ether oxygens (including phenoxy) is 1. The number of aromatic nitrogens is 3. The molecule has 39 heavy (non-hydrogen) atoms. The number of rotatable bonds is 9. The first kappa shape index (κ1) is 26.4. The van der Waals surface area contributed by atoms with Crippen LogP contribution in [-0.2, 0) is 19.4 Å². The molecule has 3 aromatic heterocycles. The zero-order chi connectivity index (χ0) is 26.8. The zero-order valence-electron chi connectivity index (χ0n) is 22.6. The number of anilines is 2. The molecular weight excluding hydrogens is 528 g/mol. The minimum absolute atomic E-state index is 0.372. The summed E-state index contributed by atoms with van der Waals surface area (Å²) in [6, 6.07) is 12.2. The third-order valence-corrected chi connectivity index (χ3v) is 9.53. The topological polar surface area (TPSA) is 66.4 Å². The van der Waals surface area contributed by atoms with E-state index < -0.39 is 0 Å². The van der Waals surface area contributed by atoms with Crippen LogP contribution in [0.1, 0.15) is 35.4 Å². The molecule has 204 valence electrons. The monoisotopic (exact) mass is 562 g/mol. The van der Waals surface area contributed by atoms with Crippen LogP contribution in [0.5, 0.6) is 5.75 Å². The minimum atomic E-state index is 0.372. The lowest BCUT2D eigenvalue weighted by Gasteiger charge is -2.25. The summed E-state index contributed by atoms with van der Waals surface area (Å²) >= 11 is 8.41. The number of nitrogens with one attached hydrogen (secondary N) is 1. The molecule has 1 N–H and O–H groups in total. The maximum atomic E-state index is 6.57. The number of thiophene rings is 1. The molecule has 1 saturated heterocycles. The molecule has 4 heterocycles. The third kappa shape index (κ3) is 6.04. The van der Waals surface area contributed by atoms with E-state index >= 15 is 0 Å². The zero-order valence-corrected chi connectivity index (χ0v) is 24.1. The molecule has 4 aromatic rings. The summed E-state index contributed by atoms with van der Waals surface area (Å²) in [6.45, 7) is 4.02. The normalized spacial score (nSPS) is 19.5. The van der Waals surface area contributed by atoms with Crippen molar-refractivity contribution >= 4 is 44.7 Å². The van der Waals surface area contributed by atoms with Crippen LogP contribution in [0.15, 0.2) is 48.9 Å². The van der Waals surface area contributed by atoms with Crippen LogP contribution >= 0.6 is 22.9 Å². The average Bonchev–Trinajstić information content (AvgIpc) is 3.57. The first-order valence-electron chi connectivity index (χ1n) is 13.8. The molecule has 0 amide bonds. The van der Waals surface area contributed by atoms with Gasteiger partial charge in [-0.15, -0.1) is 11.3 Å². The van der Waals surface area contributed by atoms with Crippen LogP contribution in [0.4, 0.5) is 11.5 Å². The fraction of sp³-hybridized carbons (Fsp3) is 0.433. The van der Waals surface area contributed by atoms with Gasteiger partial charge in [0, 0.05) is 29.3 Å². The lowest BCUT2D eigenvalue weighted by molar-refractivity contribution is 0.252. The molecule has 2 aliphatic rings. The highest BCUT2D eigenvalue weighted by Gasteiger charge is 2.28. The van der Waals surface area contributed by atoms with Crippen molar-refractivity contribution in [3.63, 3.8) is 0 Å². The summed E-state index contributed by atoms with van der Waals surface area (Å²) in [4.78, 5) is 21.1. The molecule has 1 aromatic carbocycles. The van der Waals surface area contributed by atoms with Crippen molar-refractivity contribution in [2.45, 2.75) is 44.8 Å². The maximum Gasteiger partial charge on any atom is 0.142 e. The van der Waals surface area contributed by atoms with Crippen molar-refractivity contribution in [2.75, 3.05) is 39.0 Å². The van der Waals surface area contributed by atoms with Crippen LogP contribution in [0.3, 0.4) is 0 Å². The second-order valence-electron chi connectivity index (χ2n) is 10.9. The van der Waals surface area contributed by atoms with Crippen LogP contribution in [0, 0.1) is 5.92 Å². The predicted octanol–water partition coefficient (Wildman–Crippen LogP) is 6.19. The van der Waals surface area contributed by atoms with E-state index in [1.54, 1.807) is 12.5 Å². The Bertz CT molecular complexity index is 1430. The molecule has 2 atom stereocenters. The van der Waals surface area contributed by atoms with Gasteiger partial charge in [-0.25, -0.2) is 9.97 Å². The summed E-state index contributed by atoms with van der Waals surface area (Å²) in [7, 11) is 4.40. The number of likely N-dealkylation sites (N-methyl/N-ethyl adjacent to an activating group) is 1. The Balaban J connectivity index is 1.12. The number of pyridine rings is 1. The van der Waals surface area contributed by atoms with E-state index in [0.717, 1.165) is 46.2 Å². The number of hydrogen-bond donors (Lipinski definition) is 1. The summed E-state index contributed by atoms with van der Waals surface area (Å²) < 4.78 is 5.89. The van der Waals surface area contributed by atoms with Crippen molar-refractivity contribution < 1.29 is 4.74 Å².